The van der Waals surface area contributed by atoms with Crippen molar-refractivity contribution in [1.82, 2.24) is 20.9 Å². The van der Waals surface area contributed by atoms with E-state index in [1.165, 1.54) is 19.3 Å². The van der Waals surface area contributed by atoms with Crippen LogP contribution >= 0.6 is 0 Å². The molecule has 3 amide bonds. The Morgan fingerprint density at radius 1 is 1.04 bits per heavy atom. The van der Waals surface area contributed by atoms with Crippen molar-refractivity contribution in [3.63, 3.8) is 0 Å². The standard InChI is InChI=1S/C21H28N4O2/c26-20(11-6-13-23-21(27)25-17-8-2-1-3-9-17)24-15-19-18-10-5-4-7-16(18)12-14-22-19/h4-5,7,10,12,14,17H,1-3,6,8-9,11,13,15H2,(H,24,26)(H2,23,25,27). The second-order valence-electron chi connectivity index (χ2n) is 7.09. The van der Waals surface area contributed by atoms with Crippen LogP contribution in [-0.2, 0) is 11.3 Å². The summed E-state index contributed by atoms with van der Waals surface area (Å²) in [7, 11) is 0. The van der Waals surface area contributed by atoms with Gasteiger partial charge in [-0.25, -0.2) is 4.79 Å². The van der Waals surface area contributed by atoms with Gasteiger partial charge in [0.05, 0.1) is 12.2 Å². The van der Waals surface area contributed by atoms with Crippen molar-refractivity contribution in [2.24, 2.45) is 0 Å². The van der Waals surface area contributed by atoms with Gasteiger partial charge < -0.3 is 16.0 Å². The molecule has 1 fully saturated rings. The molecule has 0 aliphatic heterocycles. The summed E-state index contributed by atoms with van der Waals surface area (Å²) < 4.78 is 0. The molecule has 6 nitrogen and oxygen atoms in total. The Balaban J connectivity index is 1.33. The van der Waals surface area contributed by atoms with Crippen molar-refractivity contribution in [3.05, 3.63) is 42.2 Å². The van der Waals surface area contributed by atoms with E-state index in [1.54, 1.807) is 6.20 Å². The van der Waals surface area contributed by atoms with E-state index in [4.69, 9.17) is 0 Å². The summed E-state index contributed by atoms with van der Waals surface area (Å²) in [5.41, 5.74) is 0.867. The van der Waals surface area contributed by atoms with Gasteiger partial charge in [-0.1, -0.05) is 43.5 Å². The molecule has 144 valence electrons. The van der Waals surface area contributed by atoms with Gasteiger partial charge in [0.1, 0.15) is 0 Å². The van der Waals surface area contributed by atoms with Crippen molar-refractivity contribution in [3.8, 4) is 0 Å². The second kappa shape index (κ2) is 9.90. The van der Waals surface area contributed by atoms with Crippen molar-refractivity contribution in [2.45, 2.75) is 57.5 Å². The minimum Gasteiger partial charge on any atom is -0.350 e. The van der Waals surface area contributed by atoms with E-state index in [0.29, 0.717) is 32.0 Å². The van der Waals surface area contributed by atoms with E-state index in [9.17, 15) is 9.59 Å². The average molecular weight is 368 g/mol. The van der Waals surface area contributed by atoms with Crippen LogP contribution in [0.3, 0.4) is 0 Å². The summed E-state index contributed by atoms with van der Waals surface area (Å²) in [5, 5.41) is 10.9. The number of nitrogens with one attached hydrogen (secondary N) is 3. The lowest BCUT2D eigenvalue weighted by atomic mass is 9.96. The van der Waals surface area contributed by atoms with Crippen LogP contribution in [0.25, 0.3) is 10.8 Å². The zero-order chi connectivity index (χ0) is 18.9. The zero-order valence-corrected chi connectivity index (χ0v) is 15.7. The molecule has 1 aromatic carbocycles. The number of hydrogen-bond acceptors (Lipinski definition) is 3. The molecule has 0 radical (unpaired) electrons. The SMILES string of the molecule is O=C(CCCNC(=O)NC1CCCCC1)NCc1nccc2ccccc12. The Labute approximate surface area is 160 Å². The van der Waals surface area contributed by atoms with Gasteiger partial charge in [0, 0.05) is 30.6 Å². The van der Waals surface area contributed by atoms with Crippen LogP contribution in [0.1, 0.15) is 50.6 Å². The summed E-state index contributed by atoms with van der Waals surface area (Å²) in [6.07, 6.45) is 8.55. The molecule has 6 heteroatoms. The summed E-state index contributed by atoms with van der Waals surface area (Å²) in [6, 6.07) is 10.1. The molecular weight excluding hydrogens is 340 g/mol. The van der Waals surface area contributed by atoms with E-state index in [1.807, 2.05) is 30.3 Å². The molecule has 1 aliphatic rings. The lowest BCUT2D eigenvalue weighted by molar-refractivity contribution is -0.121. The third-order valence-electron chi connectivity index (χ3n) is 5.02. The molecule has 0 saturated heterocycles. The highest BCUT2D eigenvalue weighted by Crippen LogP contribution is 2.17. The monoisotopic (exact) mass is 368 g/mol. The molecule has 1 aromatic heterocycles. The van der Waals surface area contributed by atoms with Gasteiger partial charge in [0.2, 0.25) is 5.91 Å². The number of hydrogen-bond donors (Lipinski definition) is 3. The quantitative estimate of drug-likeness (QED) is 0.656. The first-order chi connectivity index (χ1) is 13.2. The van der Waals surface area contributed by atoms with Crippen LogP contribution in [0.2, 0.25) is 0 Å². The van der Waals surface area contributed by atoms with Gasteiger partial charge in [0.15, 0.2) is 0 Å². The third kappa shape index (κ3) is 5.94. The Morgan fingerprint density at radius 3 is 2.70 bits per heavy atom. The number of pyridine rings is 1. The molecule has 1 saturated carbocycles. The third-order valence-corrected chi connectivity index (χ3v) is 5.02. The number of aromatic nitrogens is 1. The van der Waals surface area contributed by atoms with Crippen LogP contribution < -0.4 is 16.0 Å². The van der Waals surface area contributed by atoms with Crippen LogP contribution in [-0.4, -0.2) is 29.5 Å². The van der Waals surface area contributed by atoms with Crippen molar-refractivity contribution >= 4 is 22.7 Å². The molecule has 3 rings (SSSR count). The van der Waals surface area contributed by atoms with Crippen molar-refractivity contribution in [2.75, 3.05) is 6.54 Å². The van der Waals surface area contributed by atoms with Crippen LogP contribution in [0, 0.1) is 0 Å². The fourth-order valence-corrected chi connectivity index (χ4v) is 3.53. The van der Waals surface area contributed by atoms with E-state index in [2.05, 4.69) is 20.9 Å². The first-order valence-corrected chi connectivity index (χ1v) is 9.86. The van der Waals surface area contributed by atoms with Crippen molar-refractivity contribution < 1.29 is 9.59 Å². The highest BCUT2D eigenvalue weighted by Gasteiger charge is 2.15. The minimum absolute atomic E-state index is 0.0285. The summed E-state index contributed by atoms with van der Waals surface area (Å²) >= 11 is 0. The van der Waals surface area contributed by atoms with Crippen molar-refractivity contribution in [1.29, 1.82) is 0 Å². The molecule has 1 heterocycles. The zero-order valence-electron chi connectivity index (χ0n) is 15.7. The highest BCUT2D eigenvalue weighted by atomic mass is 16.2. The highest BCUT2D eigenvalue weighted by molar-refractivity contribution is 5.84. The normalized spacial score (nSPS) is 14.7. The fourth-order valence-electron chi connectivity index (χ4n) is 3.53. The molecular formula is C21H28N4O2. The smallest absolute Gasteiger partial charge is 0.315 e. The predicted molar refractivity (Wildman–Crippen MR) is 106 cm³/mol. The predicted octanol–water partition coefficient (Wildman–Crippen LogP) is 3.26. The number of amides is 3. The van der Waals surface area contributed by atoms with Crippen LogP contribution in [0.5, 0.6) is 0 Å². The maximum absolute atomic E-state index is 12.0. The largest absolute Gasteiger partial charge is 0.350 e. The molecule has 0 unspecified atom stereocenters. The first-order valence-electron chi connectivity index (χ1n) is 9.86. The molecule has 27 heavy (non-hydrogen) atoms. The van der Waals surface area contributed by atoms with Gasteiger partial charge in [-0.15, -0.1) is 0 Å². The average Bonchev–Trinajstić information content (AvgIpc) is 2.70. The van der Waals surface area contributed by atoms with Gasteiger partial charge in [-0.3, -0.25) is 9.78 Å². The molecule has 0 bridgehead atoms. The van der Waals surface area contributed by atoms with E-state index in [0.717, 1.165) is 29.3 Å². The maximum atomic E-state index is 12.0. The Morgan fingerprint density at radius 2 is 1.85 bits per heavy atom. The molecule has 2 aromatic rings. The topological polar surface area (TPSA) is 83.1 Å². The Kier molecular flexibility index (Phi) is 7.02. The maximum Gasteiger partial charge on any atom is 0.315 e. The van der Waals surface area contributed by atoms with Crippen LogP contribution in [0.15, 0.2) is 36.5 Å². The number of urea groups is 1. The number of nitrogens with zero attached hydrogens (tertiary/aromatic N) is 1. The lowest BCUT2D eigenvalue weighted by Crippen LogP contribution is -2.43. The van der Waals surface area contributed by atoms with E-state index >= 15 is 0 Å². The van der Waals surface area contributed by atoms with Gasteiger partial charge in [0.25, 0.3) is 0 Å². The molecule has 0 spiro atoms. The second-order valence-corrected chi connectivity index (χ2v) is 7.09. The van der Waals surface area contributed by atoms with Gasteiger partial charge in [-0.05, 0) is 30.7 Å². The summed E-state index contributed by atoms with van der Waals surface area (Å²) in [5.74, 6) is -0.0285. The molecule has 1 aliphatic carbocycles. The first kappa shape index (κ1) is 19.1. The Bertz CT molecular complexity index is 766. The van der Waals surface area contributed by atoms with E-state index in [-0.39, 0.29) is 11.9 Å². The lowest BCUT2D eigenvalue weighted by Gasteiger charge is -2.22. The van der Waals surface area contributed by atoms with Gasteiger partial charge >= 0.3 is 6.03 Å². The molecule has 0 atom stereocenters. The van der Waals surface area contributed by atoms with Gasteiger partial charge in [-0.2, -0.15) is 0 Å². The Hall–Kier alpha value is -2.63. The number of benzene rings is 1. The number of rotatable bonds is 7. The fraction of sp³-hybridized carbons (Fsp3) is 0.476. The summed E-state index contributed by atoms with van der Waals surface area (Å²) in [6.45, 7) is 0.911. The number of fused-ring (bicyclic) bond motifs is 1. The minimum atomic E-state index is -0.123. The molecule has 3 N–H and O–H groups in total. The number of carbonyl (C=O) groups excluding carboxylic acids is 2. The number of carbonyl (C=O) groups is 2. The van der Waals surface area contributed by atoms with E-state index < -0.39 is 0 Å². The summed E-state index contributed by atoms with van der Waals surface area (Å²) in [4.78, 5) is 28.3. The van der Waals surface area contributed by atoms with Crippen LogP contribution in [0.4, 0.5) is 4.79 Å².